The van der Waals surface area contributed by atoms with Gasteiger partial charge in [-0.3, -0.25) is 4.79 Å². The van der Waals surface area contributed by atoms with Gasteiger partial charge in [0.15, 0.2) is 6.61 Å². The van der Waals surface area contributed by atoms with E-state index in [1.807, 2.05) is 31.2 Å². The van der Waals surface area contributed by atoms with Crippen molar-refractivity contribution in [1.82, 2.24) is 5.32 Å². The number of carbonyl (C=O) groups is 1. The first-order valence-corrected chi connectivity index (χ1v) is 7.14. The van der Waals surface area contributed by atoms with Gasteiger partial charge < -0.3 is 10.1 Å². The van der Waals surface area contributed by atoms with Crippen LogP contribution in [-0.2, 0) is 4.79 Å². The fraction of sp³-hybridized carbons (Fsp3) is 0.176. The summed E-state index contributed by atoms with van der Waals surface area (Å²) in [5.41, 5.74) is 1.34. The molecular formula is C17H15ClN2O2. The summed E-state index contributed by atoms with van der Waals surface area (Å²) in [4.78, 5) is 11.9. The highest BCUT2D eigenvalue weighted by molar-refractivity contribution is 6.31. The number of nitrogens with zero attached hydrogens (tertiary/aromatic N) is 1. The molecule has 22 heavy (non-hydrogen) atoms. The molecule has 0 bridgehead atoms. The number of halogens is 1. The summed E-state index contributed by atoms with van der Waals surface area (Å²) in [5.74, 6) is 0.231. The van der Waals surface area contributed by atoms with Gasteiger partial charge >= 0.3 is 0 Å². The second-order valence-corrected chi connectivity index (χ2v) is 5.15. The van der Waals surface area contributed by atoms with Gasteiger partial charge in [-0.25, -0.2) is 0 Å². The largest absolute Gasteiger partial charge is 0.484 e. The number of nitrogens with one attached hydrogen (secondary N) is 1. The quantitative estimate of drug-likeness (QED) is 0.919. The highest BCUT2D eigenvalue weighted by Gasteiger charge is 2.12. The van der Waals surface area contributed by atoms with Gasteiger partial charge in [-0.15, -0.1) is 0 Å². The fourth-order valence-electron chi connectivity index (χ4n) is 1.99. The van der Waals surface area contributed by atoms with Crippen LogP contribution in [0.5, 0.6) is 5.75 Å². The van der Waals surface area contributed by atoms with Gasteiger partial charge in [0.25, 0.3) is 5.91 Å². The Kier molecular flexibility index (Phi) is 5.40. The van der Waals surface area contributed by atoms with Crippen molar-refractivity contribution in [3.63, 3.8) is 0 Å². The van der Waals surface area contributed by atoms with E-state index in [0.717, 1.165) is 5.56 Å². The first-order valence-electron chi connectivity index (χ1n) is 6.77. The zero-order valence-corrected chi connectivity index (χ0v) is 12.8. The maximum atomic E-state index is 11.9. The molecule has 2 rings (SSSR count). The van der Waals surface area contributed by atoms with Crippen molar-refractivity contribution in [1.29, 1.82) is 5.26 Å². The van der Waals surface area contributed by atoms with Gasteiger partial charge in [-0.05, 0) is 36.8 Å². The van der Waals surface area contributed by atoms with Crippen LogP contribution in [0.3, 0.4) is 0 Å². The van der Waals surface area contributed by atoms with Crippen molar-refractivity contribution in [3.8, 4) is 11.8 Å². The first-order chi connectivity index (χ1) is 10.6. The number of benzene rings is 2. The van der Waals surface area contributed by atoms with Crippen LogP contribution in [0.2, 0.25) is 5.02 Å². The van der Waals surface area contributed by atoms with Crippen molar-refractivity contribution < 1.29 is 9.53 Å². The van der Waals surface area contributed by atoms with Crippen LogP contribution in [0.4, 0.5) is 0 Å². The molecule has 0 aliphatic heterocycles. The van der Waals surface area contributed by atoms with Crippen LogP contribution in [0.25, 0.3) is 0 Å². The van der Waals surface area contributed by atoms with Gasteiger partial charge in [0.05, 0.1) is 17.7 Å². The smallest absolute Gasteiger partial charge is 0.258 e. The van der Waals surface area contributed by atoms with Gasteiger partial charge in [0.1, 0.15) is 5.75 Å². The second-order valence-electron chi connectivity index (χ2n) is 4.74. The normalized spacial score (nSPS) is 11.3. The van der Waals surface area contributed by atoms with Crippen LogP contribution in [0, 0.1) is 11.3 Å². The Labute approximate surface area is 134 Å². The molecule has 2 aromatic rings. The summed E-state index contributed by atoms with van der Waals surface area (Å²) >= 11 is 6.10. The lowest BCUT2D eigenvalue weighted by molar-refractivity contribution is -0.123. The first kappa shape index (κ1) is 15.9. The van der Waals surface area contributed by atoms with Crippen molar-refractivity contribution in [2.75, 3.05) is 6.61 Å². The van der Waals surface area contributed by atoms with Gasteiger partial charge in [-0.1, -0.05) is 35.9 Å². The Bertz CT molecular complexity index is 710. The van der Waals surface area contributed by atoms with E-state index in [4.69, 9.17) is 21.6 Å². The monoisotopic (exact) mass is 314 g/mol. The summed E-state index contributed by atoms with van der Waals surface area (Å²) in [7, 11) is 0. The molecule has 2 aromatic carbocycles. The number of amides is 1. The molecule has 0 aliphatic rings. The minimum atomic E-state index is -0.255. The van der Waals surface area contributed by atoms with Crippen LogP contribution >= 0.6 is 11.6 Å². The number of carbonyl (C=O) groups excluding carboxylic acids is 1. The maximum absolute atomic E-state index is 11.9. The molecule has 0 radical (unpaired) electrons. The van der Waals surface area contributed by atoms with E-state index in [9.17, 15) is 4.79 Å². The molecular weight excluding hydrogens is 300 g/mol. The van der Waals surface area contributed by atoms with Crippen LogP contribution in [0.1, 0.15) is 24.1 Å². The molecule has 0 fully saturated rings. The average Bonchev–Trinajstić information content (AvgIpc) is 2.53. The summed E-state index contributed by atoms with van der Waals surface area (Å²) in [6, 6.07) is 15.8. The Morgan fingerprint density at radius 1 is 1.32 bits per heavy atom. The summed E-state index contributed by atoms with van der Waals surface area (Å²) < 4.78 is 5.38. The summed E-state index contributed by atoms with van der Waals surface area (Å²) in [5, 5.41) is 12.2. The number of hydrogen-bond acceptors (Lipinski definition) is 3. The number of nitriles is 1. The second kappa shape index (κ2) is 7.48. The molecule has 4 nitrogen and oxygen atoms in total. The summed E-state index contributed by atoms with van der Waals surface area (Å²) in [6.07, 6.45) is 0. The molecule has 0 aliphatic carbocycles. The van der Waals surface area contributed by atoms with Crippen molar-refractivity contribution in [3.05, 3.63) is 64.7 Å². The van der Waals surface area contributed by atoms with E-state index in [1.54, 1.807) is 30.3 Å². The lowest BCUT2D eigenvalue weighted by Gasteiger charge is -2.16. The third-order valence-corrected chi connectivity index (χ3v) is 3.43. The lowest BCUT2D eigenvalue weighted by atomic mass is 10.1. The highest BCUT2D eigenvalue weighted by atomic mass is 35.5. The van der Waals surface area contributed by atoms with Gasteiger partial charge in [0.2, 0.25) is 0 Å². The molecule has 112 valence electrons. The zero-order chi connectivity index (χ0) is 15.9. The third kappa shape index (κ3) is 4.24. The number of ether oxygens (including phenoxy) is 1. The number of hydrogen-bond donors (Lipinski definition) is 1. The molecule has 1 amide bonds. The Morgan fingerprint density at radius 2 is 2.09 bits per heavy atom. The van der Waals surface area contributed by atoms with Crippen LogP contribution < -0.4 is 10.1 Å². The molecule has 0 aromatic heterocycles. The van der Waals surface area contributed by atoms with Gasteiger partial charge in [0, 0.05) is 5.02 Å². The van der Waals surface area contributed by atoms with E-state index in [-0.39, 0.29) is 18.6 Å². The van der Waals surface area contributed by atoms with Crippen molar-refractivity contribution in [2.45, 2.75) is 13.0 Å². The molecule has 5 heteroatoms. The fourth-order valence-corrected chi connectivity index (χ4v) is 2.29. The predicted molar refractivity (Wildman–Crippen MR) is 84.7 cm³/mol. The SMILES string of the molecule is C[C@H](NC(=O)COc1cccc(C#N)c1)c1ccccc1Cl. The molecule has 1 N–H and O–H groups in total. The van der Waals surface area contributed by atoms with E-state index in [2.05, 4.69) is 5.32 Å². The molecule has 0 spiro atoms. The molecule has 0 heterocycles. The van der Waals surface area contributed by atoms with E-state index in [1.165, 1.54) is 0 Å². The minimum absolute atomic E-state index is 0.121. The third-order valence-electron chi connectivity index (χ3n) is 3.08. The Morgan fingerprint density at radius 3 is 2.82 bits per heavy atom. The van der Waals surface area contributed by atoms with Gasteiger partial charge in [-0.2, -0.15) is 5.26 Å². The molecule has 0 saturated carbocycles. The van der Waals surface area contributed by atoms with Crippen LogP contribution in [-0.4, -0.2) is 12.5 Å². The lowest BCUT2D eigenvalue weighted by Crippen LogP contribution is -2.31. The topological polar surface area (TPSA) is 62.1 Å². The predicted octanol–water partition coefficient (Wildman–Crippen LogP) is 3.47. The average molecular weight is 315 g/mol. The number of rotatable bonds is 5. The highest BCUT2D eigenvalue weighted by Crippen LogP contribution is 2.22. The molecule has 0 unspecified atom stereocenters. The van der Waals surface area contributed by atoms with E-state index in [0.29, 0.717) is 16.3 Å². The Hall–Kier alpha value is -2.51. The summed E-state index contributed by atoms with van der Waals surface area (Å²) in [6.45, 7) is 1.74. The molecule has 0 saturated heterocycles. The zero-order valence-electron chi connectivity index (χ0n) is 12.0. The van der Waals surface area contributed by atoms with Crippen molar-refractivity contribution >= 4 is 17.5 Å². The van der Waals surface area contributed by atoms with Crippen LogP contribution in [0.15, 0.2) is 48.5 Å². The maximum Gasteiger partial charge on any atom is 0.258 e. The van der Waals surface area contributed by atoms with E-state index >= 15 is 0 Å². The standard InChI is InChI=1S/C17H15ClN2O2/c1-12(15-7-2-3-8-16(15)18)20-17(21)11-22-14-6-4-5-13(9-14)10-19/h2-9,12H,11H2,1H3,(H,20,21)/t12-/m0/s1. The Balaban J connectivity index is 1.90. The van der Waals surface area contributed by atoms with Crippen molar-refractivity contribution in [2.24, 2.45) is 0 Å². The molecule has 1 atom stereocenters. The van der Waals surface area contributed by atoms with E-state index < -0.39 is 0 Å². The minimum Gasteiger partial charge on any atom is -0.484 e.